The third-order valence-corrected chi connectivity index (χ3v) is 4.69. The van der Waals surface area contributed by atoms with Crippen LogP contribution in [0.3, 0.4) is 0 Å². The van der Waals surface area contributed by atoms with Gasteiger partial charge in [-0.05, 0) is 19.4 Å². The van der Waals surface area contributed by atoms with Gasteiger partial charge in [0, 0.05) is 43.9 Å². The number of carbonyl (C=O) groups is 4. The molecule has 0 radical (unpaired) electrons. The van der Waals surface area contributed by atoms with Gasteiger partial charge in [-0.2, -0.15) is 0 Å². The standard InChI is InChI=1S/C18H22O7/c1-8-12(6-15(10(3)19)24-11(4)20)17(25-18(8)22)16-9(2)14(23-5)7-13(16)21/h12,14-15,17H,1,6-7H2,2-5H3/t12-,14-,15-,17-/m0/s1. The van der Waals surface area contributed by atoms with Crippen LogP contribution < -0.4 is 0 Å². The predicted molar refractivity (Wildman–Crippen MR) is 86.5 cm³/mol. The van der Waals surface area contributed by atoms with Gasteiger partial charge in [-0.3, -0.25) is 14.4 Å². The highest BCUT2D eigenvalue weighted by Gasteiger charge is 2.47. The highest BCUT2D eigenvalue weighted by molar-refractivity contribution is 6.02. The molecule has 4 atom stereocenters. The van der Waals surface area contributed by atoms with Gasteiger partial charge in [-0.15, -0.1) is 0 Å². The summed E-state index contributed by atoms with van der Waals surface area (Å²) >= 11 is 0. The second-order valence-electron chi connectivity index (χ2n) is 6.35. The molecule has 25 heavy (non-hydrogen) atoms. The Labute approximate surface area is 146 Å². The maximum absolute atomic E-state index is 12.4. The fraction of sp³-hybridized carbons (Fsp3) is 0.556. The lowest BCUT2D eigenvalue weighted by Gasteiger charge is -2.23. The average Bonchev–Trinajstić information content (AvgIpc) is 2.95. The number of esters is 2. The third kappa shape index (κ3) is 3.71. The van der Waals surface area contributed by atoms with E-state index in [1.807, 2.05) is 0 Å². The molecule has 2 rings (SSSR count). The lowest BCUT2D eigenvalue weighted by Crippen LogP contribution is -2.32. The average molecular weight is 350 g/mol. The quantitative estimate of drug-likeness (QED) is 0.526. The van der Waals surface area contributed by atoms with Crippen LogP contribution in [0.15, 0.2) is 23.3 Å². The molecule has 0 aromatic carbocycles. The number of cyclic esters (lactones) is 1. The summed E-state index contributed by atoms with van der Waals surface area (Å²) in [6.45, 7) is 7.99. The van der Waals surface area contributed by atoms with Crippen LogP contribution in [0.2, 0.25) is 0 Å². The number of rotatable bonds is 6. The van der Waals surface area contributed by atoms with E-state index >= 15 is 0 Å². The number of hydrogen-bond acceptors (Lipinski definition) is 7. The zero-order chi connectivity index (χ0) is 18.9. The summed E-state index contributed by atoms with van der Waals surface area (Å²) in [4.78, 5) is 47.4. The van der Waals surface area contributed by atoms with Crippen LogP contribution in [0, 0.1) is 5.92 Å². The number of hydrogen-bond donors (Lipinski definition) is 0. The highest BCUT2D eigenvalue weighted by atomic mass is 16.6. The van der Waals surface area contributed by atoms with Gasteiger partial charge in [0.25, 0.3) is 0 Å². The molecule has 1 heterocycles. The van der Waals surface area contributed by atoms with E-state index in [1.54, 1.807) is 6.92 Å². The van der Waals surface area contributed by atoms with Gasteiger partial charge < -0.3 is 14.2 Å². The molecule has 1 aliphatic carbocycles. The molecule has 1 saturated heterocycles. The Balaban J connectivity index is 2.34. The minimum absolute atomic E-state index is 0.0336. The van der Waals surface area contributed by atoms with Gasteiger partial charge >= 0.3 is 11.9 Å². The molecule has 2 aliphatic rings. The summed E-state index contributed by atoms with van der Waals surface area (Å²) < 4.78 is 15.7. The van der Waals surface area contributed by atoms with Crippen molar-refractivity contribution < 1.29 is 33.4 Å². The monoisotopic (exact) mass is 350 g/mol. The first kappa shape index (κ1) is 19.1. The molecule has 0 unspecified atom stereocenters. The maximum atomic E-state index is 12.4. The molecule has 1 fully saturated rings. The topological polar surface area (TPSA) is 96.0 Å². The van der Waals surface area contributed by atoms with Crippen molar-refractivity contribution >= 4 is 23.5 Å². The molecule has 0 N–H and O–H groups in total. The van der Waals surface area contributed by atoms with Gasteiger partial charge in [0.1, 0.15) is 6.10 Å². The van der Waals surface area contributed by atoms with E-state index in [2.05, 4.69) is 6.58 Å². The van der Waals surface area contributed by atoms with E-state index in [0.717, 1.165) is 0 Å². The summed E-state index contributed by atoms with van der Waals surface area (Å²) in [5, 5.41) is 0. The molecule has 0 spiro atoms. The molecule has 0 amide bonds. The van der Waals surface area contributed by atoms with Crippen molar-refractivity contribution in [3.63, 3.8) is 0 Å². The SMILES string of the molecule is C=C1C(=O)O[C@H](C2=C(C)[C@@H](OC)CC2=O)[C@H]1C[C@H](OC(C)=O)C(C)=O. The summed E-state index contributed by atoms with van der Waals surface area (Å²) in [6.07, 6.45) is -2.00. The van der Waals surface area contributed by atoms with Gasteiger partial charge in [0.2, 0.25) is 0 Å². The summed E-state index contributed by atoms with van der Waals surface area (Å²) in [6, 6.07) is 0. The molecule has 7 heteroatoms. The molecular weight excluding hydrogens is 328 g/mol. The van der Waals surface area contributed by atoms with Gasteiger partial charge in [0.05, 0.1) is 6.10 Å². The van der Waals surface area contributed by atoms with Crippen molar-refractivity contribution in [2.45, 2.75) is 51.9 Å². The normalized spacial score (nSPS) is 27.5. The van der Waals surface area contributed by atoms with E-state index in [0.29, 0.717) is 11.1 Å². The van der Waals surface area contributed by atoms with Crippen molar-refractivity contribution in [1.82, 2.24) is 0 Å². The molecule has 136 valence electrons. The maximum Gasteiger partial charge on any atom is 0.334 e. The Hall–Kier alpha value is -2.28. The second kappa shape index (κ2) is 7.31. The van der Waals surface area contributed by atoms with Crippen molar-refractivity contribution in [3.8, 4) is 0 Å². The summed E-state index contributed by atoms with van der Waals surface area (Å²) in [5.41, 5.74) is 1.25. The Kier molecular flexibility index (Phi) is 5.57. The van der Waals surface area contributed by atoms with Gasteiger partial charge in [-0.25, -0.2) is 4.79 Å². The van der Waals surface area contributed by atoms with Crippen molar-refractivity contribution in [2.24, 2.45) is 5.92 Å². The van der Waals surface area contributed by atoms with Crippen LogP contribution in [0.25, 0.3) is 0 Å². The second-order valence-corrected chi connectivity index (χ2v) is 6.35. The van der Waals surface area contributed by atoms with E-state index in [-0.39, 0.29) is 36.1 Å². The Morgan fingerprint density at radius 1 is 1.32 bits per heavy atom. The van der Waals surface area contributed by atoms with Gasteiger partial charge in [-0.1, -0.05) is 6.58 Å². The van der Waals surface area contributed by atoms with E-state index < -0.39 is 30.1 Å². The largest absolute Gasteiger partial charge is 0.455 e. The summed E-state index contributed by atoms with van der Waals surface area (Å²) in [5.74, 6) is -2.34. The Morgan fingerprint density at radius 3 is 2.44 bits per heavy atom. The predicted octanol–water partition coefficient (Wildman–Crippen LogP) is 1.30. The van der Waals surface area contributed by atoms with Crippen LogP contribution in [-0.4, -0.2) is 48.9 Å². The van der Waals surface area contributed by atoms with Crippen LogP contribution in [0.5, 0.6) is 0 Å². The fourth-order valence-corrected chi connectivity index (χ4v) is 3.33. The van der Waals surface area contributed by atoms with Crippen LogP contribution in [0.4, 0.5) is 0 Å². The molecule has 7 nitrogen and oxygen atoms in total. The van der Waals surface area contributed by atoms with Crippen molar-refractivity contribution in [2.75, 3.05) is 7.11 Å². The molecular formula is C18H22O7. The number of ether oxygens (including phenoxy) is 3. The molecule has 0 aromatic heterocycles. The summed E-state index contributed by atoms with van der Waals surface area (Å²) in [7, 11) is 1.51. The fourth-order valence-electron chi connectivity index (χ4n) is 3.33. The number of carbonyl (C=O) groups excluding carboxylic acids is 4. The lowest BCUT2D eigenvalue weighted by molar-refractivity contribution is -0.153. The zero-order valence-corrected chi connectivity index (χ0v) is 14.8. The number of ketones is 2. The number of methoxy groups -OCH3 is 1. The van der Waals surface area contributed by atoms with Crippen LogP contribution in [0.1, 0.15) is 33.6 Å². The van der Waals surface area contributed by atoms with Crippen LogP contribution >= 0.6 is 0 Å². The van der Waals surface area contributed by atoms with Crippen molar-refractivity contribution in [1.29, 1.82) is 0 Å². The Bertz CT molecular complexity index is 673. The highest BCUT2D eigenvalue weighted by Crippen LogP contribution is 2.40. The van der Waals surface area contributed by atoms with E-state index in [4.69, 9.17) is 14.2 Å². The first-order chi connectivity index (χ1) is 11.7. The van der Waals surface area contributed by atoms with Gasteiger partial charge in [0.15, 0.2) is 17.7 Å². The zero-order valence-electron chi connectivity index (χ0n) is 14.8. The third-order valence-electron chi connectivity index (χ3n) is 4.69. The number of Topliss-reactive ketones (excluding diaryl/α,β-unsaturated/α-hetero) is 2. The van der Waals surface area contributed by atoms with E-state index in [1.165, 1.54) is 21.0 Å². The first-order valence-electron chi connectivity index (χ1n) is 8.01. The molecule has 0 saturated carbocycles. The first-order valence-corrected chi connectivity index (χ1v) is 8.01. The Morgan fingerprint density at radius 2 is 1.96 bits per heavy atom. The molecule has 0 bridgehead atoms. The molecule has 1 aliphatic heterocycles. The minimum Gasteiger partial charge on any atom is -0.455 e. The van der Waals surface area contributed by atoms with Crippen LogP contribution in [-0.2, 0) is 33.4 Å². The van der Waals surface area contributed by atoms with Crippen molar-refractivity contribution in [3.05, 3.63) is 23.3 Å². The molecule has 0 aromatic rings. The van der Waals surface area contributed by atoms with E-state index in [9.17, 15) is 19.2 Å². The minimum atomic E-state index is -1.02. The lowest BCUT2D eigenvalue weighted by atomic mass is 9.85. The smallest absolute Gasteiger partial charge is 0.334 e.